The van der Waals surface area contributed by atoms with E-state index in [1.807, 2.05) is 41.3 Å². The van der Waals surface area contributed by atoms with Gasteiger partial charge in [0.05, 0.1) is 11.2 Å². The Morgan fingerprint density at radius 2 is 1.79 bits per heavy atom. The Bertz CT molecular complexity index is 1840. The van der Waals surface area contributed by atoms with Crippen LogP contribution in [0.15, 0.2) is 66.9 Å². The molecule has 10 heteroatoms. The highest BCUT2D eigenvalue weighted by Crippen LogP contribution is 2.32. The molecule has 5 aromatic rings. The molecule has 0 aliphatic carbocycles. The first-order valence-corrected chi connectivity index (χ1v) is 14.9. The van der Waals surface area contributed by atoms with Crippen molar-refractivity contribution in [1.82, 2.24) is 34.6 Å². The van der Waals surface area contributed by atoms with Crippen molar-refractivity contribution in [3.05, 3.63) is 83.8 Å². The lowest BCUT2D eigenvalue weighted by Crippen LogP contribution is -2.53. The van der Waals surface area contributed by atoms with Crippen LogP contribution in [0.4, 0.5) is 5.69 Å². The number of fused-ring (bicyclic) bond motifs is 3. The number of carbonyl (C=O) groups excluding carboxylic acids is 2. The first-order valence-electron chi connectivity index (χ1n) is 14.9. The van der Waals surface area contributed by atoms with Crippen LogP contribution in [0, 0.1) is 0 Å². The summed E-state index contributed by atoms with van der Waals surface area (Å²) < 4.78 is 1.80. The fourth-order valence-electron chi connectivity index (χ4n) is 6.13. The smallest absolute Gasteiger partial charge is 0.242 e. The van der Waals surface area contributed by atoms with Crippen LogP contribution in [0.3, 0.4) is 0 Å². The summed E-state index contributed by atoms with van der Waals surface area (Å²) in [5.41, 5.74) is 6.35. The molecule has 1 fully saturated rings. The lowest BCUT2D eigenvalue weighted by Gasteiger charge is -2.38. The molecular weight excluding hydrogens is 540 g/mol. The largest absolute Gasteiger partial charge is 0.339 e. The Kier molecular flexibility index (Phi) is 7.06. The van der Waals surface area contributed by atoms with Gasteiger partial charge in [-0.05, 0) is 73.9 Å². The van der Waals surface area contributed by atoms with E-state index in [1.165, 1.54) is 0 Å². The van der Waals surface area contributed by atoms with E-state index in [9.17, 15) is 9.59 Å². The van der Waals surface area contributed by atoms with Crippen molar-refractivity contribution < 1.29 is 9.59 Å². The highest BCUT2D eigenvalue weighted by Gasteiger charge is 2.30. The van der Waals surface area contributed by atoms with Crippen molar-refractivity contribution in [2.24, 2.45) is 0 Å². The molecule has 3 aromatic heterocycles. The second kappa shape index (κ2) is 11.2. The molecule has 2 amide bonds. The molecule has 0 spiro atoms. The average Bonchev–Trinajstić information content (AvgIpc) is 3.43. The van der Waals surface area contributed by atoms with Gasteiger partial charge in [-0.3, -0.25) is 19.5 Å². The predicted molar refractivity (Wildman–Crippen MR) is 165 cm³/mol. The van der Waals surface area contributed by atoms with E-state index >= 15 is 0 Å². The maximum Gasteiger partial charge on any atom is 0.242 e. The van der Waals surface area contributed by atoms with Crippen LogP contribution in [0.1, 0.15) is 37.2 Å². The Morgan fingerprint density at radius 1 is 0.930 bits per heavy atom. The van der Waals surface area contributed by atoms with E-state index in [1.54, 1.807) is 15.6 Å². The second-order valence-electron chi connectivity index (χ2n) is 11.6. The van der Waals surface area contributed by atoms with E-state index < -0.39 is 0 Å². The zero-order chi connectivity index (χ0) is 29.5. The van der Waals surface area contributed by atoms with Gasteiger partial charge in [-0.15, -0.1) is 10.2 Å². The standard InChI is InChI=1S/C33H34N8O2/c1-22(2)38-14-16-39(17-15-38)33(43)21-40-29-10-6-25(20-26(29)7-12-32(40)42)28-9-11-30-35-36-31(41(30)37-28)19-23-5-8-27-24(18-23)4-3-13-34-27/h3-6,8-11,13,18,20,22H,7,12,14-17,19,21H2,1-2H3. The molecule has 218 valence electrons. The molecule has 2 aliphatic heterocycles. The van der Waals surface area contributed by atoms with Crippen molar-refractivity contribution >= 4 is 34.1 Å². The molecule has 0 radical (unpaired) electrons. The van der Waals surface area contributed by atoms with E-state index in [0.29, 0.717) is 44.0 Å². The molecule has 0 atom stereocenters. The van der Waals surface area contributed by atoms with Crippen molar-refractivity contribution in [3.63, 3.8) is 0 Å². The molecule has 0 saturated carbocycles. The van der Waals surface area contributed by atoms with Crippen LogP contribution < -0.4 is 4.90 Å². The van der Waals surface area contributed by atoms with Gasteiger partial charge in [-0.2, -0.15) is 9.61 Å². The van der Waals surface area contributed by atoms with Crippen molar-refractivity contribution in [3.8, 4) is 11.3 Å². The van der Waals surface area contributed by atoms with Gasteiger partial charge in [0.2, 0.25) is 11.8 Å². The molecule has 2 aromatic carbocycles. The first kappa shape index (κ1) is 27.2. The molecule has 0 bridgehead atoms. The number of anilines is 1. The Labute approximate surface area is 249 Å². The Balaban J connectivity index is 1.11. The summed E-state index contributed by atoms with van der Waals surface area (Å²) in [6.45, 7) is 7.55. The maximum atomic E-state index is 13.2. The predicted octanol–water partition coefficient (Wildman–Crippen LogP) is 3.76. The summed E-state index contributed by atoms with van der Waals surface area (Å²) in [5, 5.41) is 14.8. The number of benzene rings is 2. The number of aryl methyl sites for hydroxylation is 1. The van der Waals surface area contributed by atoms with Crippen LogP contribution in [0.2, 0.25) is 0 Å². The molecule has 0 unspecified atom stereocenters. The lowest BCUT2D eigenvalue weighted by atomic mass is 9.97. The highest BCUT2D eigenvalue weighted by atomic mass is 16.2. The Hall–Kier alpha value is -4.70. The number of amides is 2. The second-order valence-corrected chi connectivity index (χ2v) is 11.6. The van der Waals surface area contributed by atoms with Crippen LogP contribution in [-0.2, 0) is 22.4 Å². The van der Waals surface area contributed by atoms with Gasteiger partial charge in [0.15, 0.2) is 11.5 Å². The molecule has 10 nitrogen and oxygen atoms in total. The van der Waals surface area contributed by atoms with Gasteiger partial charge in [0.25, 0.3) is 0 Å². The number of rotatable bonds is 6. The van der Waals surface area contributed by atoms with Crippen molar-refractivity contribution in [2.45, 2.75) is 39.2 Å². The van der Waals surface area contributed by atoms with Crippen molar-refractivity contribution in [1.29, 1.82) is 0 Å². The van der Waals surface area contributed by atoms with Crippen LogP contribution >= 0.6 is 0 Å². The third-order valence-electron chi connectivity index (χ3n) is 8.62. The number of carbonyl (C=O) groups is 2. The van der Waals surface area contributed by atoms with E-state index in [4.69, 9.17) is 5.10 Å². The minimum atomic E-state index is -0.00688. The minimum Gasteiger partial charge on any atom is -0.339 e. The number of hydrogen-bond acceptors (Lipinski definition) is 7. The Morgan fingerprint density at radius 3 is 2.63 bits per heavy atom. The monoisotopic (exact) mass is 574 g/mol. The third-order valence-corrected chi connectivity index (χ3v) is 8.62. The molecule has 7 rings (SSSR count). The number of aromatic nitrogens is 5. The maximum absolute atomic E-state index is 13.2. The molecule has 2 aliphatic rings. The molecule has 5 heterocycles. The number of pyridine rings is 1. The summed E-state index contributed by atoms with van der Waals surface area (Å²) in [4.78, 5) is 36.5. The highest BCUT2D eigenvalue weighted by molar-refractivity contribution is 6.01. The van der Waals surface area contributed by atoms with Gasteiger partial charge >= 0.3 is 0 Å². The van der Waals surface area contributed by atoms with E-state index in [-0.39, 0.29) is 18.4 Å². The SMILES string of the molecule is CC(C)N1CCN(C(=O)CN2C(=O)CCc3cc(-c4ccc5nnc(Cc6ccc7ncccc7c6)n5n4)ccc32)CC1. The summed E-state index contributed by atoms with van der Waals surface area (Å²) in [6, 6.07) is 20.6. The summed E-state index contributed by atoms with van der Waals surface area (Å²) in [7, 11) is 0. The fraction of sp³-hybridized carbons (Fsp3) is 0.333. The zero-order valence-electron chi connectivity index (χ0n) is 24.5. The summed E-state index contributed by atoms with van der Waals surface area (Å²) in [5.74, 6) is 0.749. The summed E-state index contributed by atoms with van der Waals surface area (Å²) >= 11 is 0. The van der Waals surface area contributed by atoms with Gasteiger partial charge in [-0.1, -0.05) is 18.2 Å². The number of piperazine rings is 1. The van der Waals surface area contributed by atoms with E-state index in [2.05, 4.69) is 58.2 Å². The van der Waals surface area contributed by atoms with Gasteiger partial charge in [0.1, 0.15) is 6.54 Å². The molecule has 0 N–H and O–H groups in total. The zero-order valence-corrected chi connectivity index (χ0v) is 24.5. The van der Waals surface area contributed by atoms with Crippen molar-refractivity contribution in [2.75, 3.05) is 37.6 Å². The lowest BCUT2D eigenvalue weighted by molar-refractivity contribution is -0.133. The van der Waals surface area contributed by atoms with Gasteiger partial charge < -0.3 is 9.80 Å². The average molecular weight is 575 g/mol. The van der Waals surface area contributed by atoms with Gasteiger partial charge in [0, 0.05) is 67.9 Å². The molecular formula is C33H34N8O2. The number of nitrogens with zero attached hydrogens (tertiary/aromatic N) is 8. The fourth-order valence-corrected chi connectivity index (χ4v) is 6.13. The van der Waals surface area contributed by atoms with Crippen LogP contribution in [0.25, 0.3) is 27.8 Å². The minimum absolute atomic E-state index is 0.00335. The molecule has 43 heavy (non-hydrogen) atoms. The third kappa shape index (κ3) is 5.34. The van der Waals surface area contributed by atoms with Gasteiger partial charge in [-0.25, -0.2) is 0 Å². The quantitative estimate of drug-likeness (QED) is 0.305. The van der Waals surface area contributed by atoms with Crippen LogP contribution in [0.5, 0.6) is 0 Å². The topological polar surface area (TPSA) is 99.8 Å². The first-order chi connectivity index (χ1) is 20.9. The molecule has 1 saturated heterocycles. The number of hydrogen-bond donors (Lipinski definition) is 0. The summed E-state index contributed by atoms with van der Waals surface area (Å²) in [6.07, 6.45) is 3.40. The normalized spacial score (nSPS) is 15.9. The van der Waals surface area contributed by atoms with Crippen LogP contribution in [-0.4, -0.2) is 85.2 Å². The van der Waals surface area contributed by atoms with E-state index in [0.717, 1.165) is 57.9 Å².